The van der Waals surface area contributed by atoms with Crippen LogP contribution in [0.2, 0.25) is 0 Å². The van der Waals surface area contributed by atoms with Crippen molar-refractivity contribution in [2.45, 2.75) is 25.8 Å². The molecule has 0 radical (unpaired) electrons. The minimum absolute atomic E-state index is 0.0747. The monoisotopic (exact) mass is 363 g/mol. The van der Waals surface area contributed by atoms with Gasteiger partial charge < -0.3 is 15.2 Å². The number of pyridine rings is 1. The number of carbonyl (C=O) groups is 1. The van der Waals surface area contributed by atoms with Crippen LogP contribution in [0, 0.1) is 0 Å². The van der Waals surface area contributed by atoms with Gasteiger partial charge >= 0.3 is 0 Å². The van der Waals surface area contributed by atoms with Crippen LogP contribution >= 0.6 is 0 Å². The molecule has 7 nitrogen and oxygen atoms in total. The van der Waals surface area contributed by atoms with Crippen molar-refractivity contribution in [3.8, 4) is 11.1 Å². The number of fused-ring (bicyclic) bond motifs is 1. The van der Waals surface area contributed by atoms with Crippen LogP contribution in [0.3, 0.4) is 0 Å². The Labute approximate surface area is 156 Å². The second-order valence-electron chi connectivity index (χ2n) is 6.88. The van der Waals surface area contributed by atoms with Gasteiger partial charge in [0.25, 0.3) is 11.5 Å². The van der Waals surface area contributed by atoms with Crippen LogP contribution in [-0.4, -0.2) is 33.3 Å². The third-order valence-electron chi connectivity index (χ3n) is 5.02. The SMILES string of the molecule is CCN(c1c(C(N)=O)nnc2cc(-c3ccn(C)c(=O)c3)ccc12)C1CC1. The fourth-order valence-electron chi connectivity index (χ4n) is 3.44. The van der Waals surface area contributed by atoms with Crippen LogP contribution in [0.4, 0.5) is 5.69 Å². The molecular formula is C20H21N5O2. The Morgan fingerprint density at radius 2 is 1.96 bits per heavy atom. The first kappa shape index (κ1) is 17.2. The number of primary amides is 1. The first-order valence-electron chi connectivity index (χ1n) is 9.03. The number of carbonyl (C=O) groups excluding carboxylic acids is 1. The van der Waals surface area contributed by atoms with E-state index in [0.717, 1.165) is 41.6 Å². The van der Waals surface area contributed by atoms with Gasteiger partial charge in [0.05, 0.1) is 11.2 Å². The standard InChI is InChI=1S/C20H21N5O2/c1-3-25(14-5-6-14)19-15-7-4-12(13-8-9-24(2)17(26)11-13)10-16(15)22-23-18(19)20(21)27/h4,7-11,14H,3,5-6H2,1-2H3,(H2,21,27). The first-order valence-corrected chi connectivity index (χ1v) is 9.03. The Bertz CT molecular complexity index is 1100. The zero-order chi connectivity index (χ0) is 19.1. The Hall–Kier alpha value is -3.22. The summed E-state index contributed by atoms with van der Waals surface area (Å²) in [5.41, 5.74) is 8.82. The summed E-state index contributed by atoms with van der Waals surface area (Å²) < 4.78 is 1.52. The highest BCUT2D eigenvalue weighted by molar-refractivity contribution is 6.05. The van der Waals surface area contributed by atoms with Crippen molar-refractivity contribution in [2.75, 3.05) is 11.4 Å². The lowest BCUT2D eigenvalue weighted by Crippen LogP contribution is -2.29. The molecule has 27 heavy (non-hydrogen) atoms. The summed E-state index contributed by atoms with van der Waals surface area (Å²) in [4.78, 5) is 26.1. The summed E-state index contributed by atoms with van der Waals surface area (Å²) in [5, 5.41) is 9.19. The van der Waals surface area contributed by atoms with Crippen molar-refractivity contribution in [3.05, 3.63) is 52.6 Å². The molecule has 0 unspecified atom stereocenters. The van der Waals surface area contributed by atoms with E-state index in [1.807, 2.05) is 24.3 Å². The highest BCUT2D eigenvalue weighted by atomic mass is 16.1. The highest BCUT2D eigenvalue weighted by Gasteiger charge is 2.32. The Morgan fingerprint density at radius 3 is 2.59 bits per heavy atom. The van der Waals surface area contributed by atoms with Gasteiger partial charge in [0, 0.05) is 37.3 Å². The zero-order valence-electron chi connectivity index (χ0n) is 15.3. The molecule has 2 heterocycles. The molecule has 1 fully saturated rings. The molecule has 4 rings (SSSR count). The van der Waals surface area contributed by atoms with Crippen LogP contribution in [0.1, 0.15) is 30.3 Å². The molecule has 0 bridgehead atoms. The average Bonchev–Trinajstić information content (AvgIpc) is 3.49. The number of hydrogen-bond acceptors (Lipinski definition) is 5. The summed E-state index contributed by atoms with van der Waals surface area (Å²) in [7, 11) is 1.72. The lowest BCUT2D eigenvalue weighted by Gasteiger charge is -2.25. The van der Waals surface area contributed by atoms with Crippen LogP contribution in [0.25, 0.3) is 22.0 Å². The number of hydrogen-bond donors (Lipinski definition) is 1. The number of amides is 1. The molecule has 0 aliphatic heterocycles. The summed E-state index contributed by atoms with van der Waals surface area (Å²) in [6.07, 6.45) is 3.93. The molecule has 1 amide bonds. The number of nitrogens with zero attached hydrogens (tertiary/aromatic N) is 4. The predicted molar refractivity (Wildman–Crippen MR) is 105 cm³/mol. The summed E-state index contributed by atoms with van der Waals surface area (Å²) in [6.45, 7) is 2.83. The summed E-state index contributed by atoms with van der Waals surface area (Å²) in [5.74, 6) is -0.575. The van der Waals surface area contributed by atoms with Crippen molar-refractivity contribution in [2.24, 2.45) is 12.8 Å². The van der Waals surface area contributed by atoms with Crippen LogP contribution < -0.4 is 16.2 Å². The molecule has 0 atom stereocenters. The molecule has 0 spiro atoms. The molecule has 3 aromatic rings. The normalized spacial score (nSPS) is 13.7. The Balaban J connectivity index is 1.90. The number of rotatable bonds is 5. The van der Waals surface area contributed by atoms with Gasteiger partial charge in [0.1, 0.15) is 0 Å². The minimum Gasteiger partial charge on any atom is -0.366 e. The molecule has 0 saturated heterocycles. The molecule has 2 N–H and O–H groups in total. The molecular weight excluding hydrogens is 342 g/mol. The highest BCUT2D eigenvalue weighted by Crippen LogP contribution is 2.37. The van der Waals surface area contributed by atoms with Crippen molar-refractivity contribution in [1.82, 2.24) is 14.8 Å². The number of anilines is 1. The van der Waals surface area contributed by atoms with Crippen molar-refractivity contribution in [1.29, 1.82) is 0 Å². The van der Waals surface area contributed by atoms with Crippen molar-refractivity contribution >= 4 is 22.5 Å². The minimum atomic E-state index is -0.575. The summed E-state index contributed by atoms with van der Waals surface area (Å²) in [6, 6.07) is 9.66. The van der Waals surface area contributed by atoms with Crippen LogP contribution in [-0.2, 0) is 7.05 Å². The maximum atomic E-state index is 11.9. The van der Waals surface area contributed by atoms with Crippen LogP contribution in [0.5, 0.6) is 0 Å². The quantitative estimate of drug-likeness (QED) is 0.749. The van der Waals surface area contributed by atoms with Crippen molar-refractivity contribution < 1.29 is 4.79 Å². The van der Waals surface area contributed by atoms with Gasteiger partial charge in [-0.1, -0.05) is 6.07 Å². The van der Waals surface area contributed by atoms with Crippen LogP contribution in [0.15, 0.2) is 41.3 Å². The fourth-order valence-corrected chi connectivity index (χ4v) is 3.44. The zero-order valence-corrected chi connectivity index (χ0v) is 15.3. The van der Waals surface area contributed by atoms with E-state index in [-0.39, 0.29) is 11.3 Å². The molecule has 1 saturated carbocycles. The van der Waals surface area contributed by atoms with E-state index >= 15 is 0 Å². The third kappa shape index (κ3) is 3.05. The average molecular weight is 363 g/mol. The summed E-state index contributed by atoms with van der Waals surface area (Å²) >= 11 is 0. The van der Waals surface area contributed by atoms with E-state index in [0.29, 0.717) is 11.6 Å². The lowest BCUT2D eigenvalue weighted by molar-refractivity contribution is 0.0995. The maximum absolute atomic E-state index is 11.9. The van der Waals surface area contributed by atoms with Gasteiger partial charge in [0.2, 0.25) is 0 Å². The molecule has 138 valence electrons. The first-order chi connectivity index (χ1) is 13.0. The van der Waals surface area contributed by atoms with Gasteiger partial charge in [0.15, 0.2) is 5.69 Å². The number of benzene rings is 1. The molecule has 1 aliphatic rings. The second-order valence-corrected chi connectivity index (χ2v) is 6.88. The largest absolute Gasteiger partial charge is 0.366 e. The molecule has 2 aromatic heterocycles. The molecule has 1 aliphatic carbocycles. The van der Waals surface area contributed by atoms with E-state index < -0.39 is 5.91 Å². The number of nitrogens with two attached hydrogens (primary N) is 1. The lowest BCUT2D eigenvalue weighted by atomic mass is 10.0. The molecule has 1 aromatic carbocycles. The predicted octanol–water partition coefficient (Wildman–Crippen LogP) is 2.08. The third-order valence-corrected chi connectivity index (χ3v) is 5.02. The van der Waals surface area contributed by atoms with Gasteiger partial charge in [-0.15, -0.1) is 10.2 Å². The van der Waals surface area contributed by atoms with E-state index in [1.54, 1.807) is 19.3 Å². The smallest absolute Gasteiger partial charge is 0.271 e. The Morgan fingerprint density at radius 1 is 1.22 bits per heavy atom. The van der Waals surface area contributed by atoms with E-state index in [4.69, 9.17) is 5.73 Å². The van der Waals surface area contributed by atoms with Gasteiger partial charge in [-0.2, -0.15) is 0 Å². The topological polar surface area (TPSA) is 94.1 Å². The van der Waals surface area contributed by atoms with Gasteiger partial charge in [-0.3, -0.25) is 9.59 Å². The fraction of sp³-hybridized carbons (Fsp3) is 0.300. The second kappa shape index (κ2) is 6.50. The number of aromatic nitrogens is 3. The molecule has 7 heteroatoms. The van der Waals surface area contributed by atoms with Gasteiger partial charge in [-0.05, 0) is 49.1 Å². The van der Waals surface area contributed by atoms with E-state index in [9.17, 15) is 9.59 Å². The van der Waals surface area contributed by atoms with E-state index in [1.165, 1.54) is 4.57 Å². The van der Waals surface area contributed by atoms with E-state index in [2.05, 4.69) is 22.0 Å². The Kier molecular flexibility index (Phi) is 4.14. The van der Waals surface area contributed by atoms with Gasteiger partial charge in [-0.25, -0.2) is 0 Å². The maximum Gasteiger partial charge on any atom is 0.271 e. The van der Waals surface area contributed by atoms with Crippen molar-refractivity contribution in [3.63, 3.8) is 0 Å². The number of aryl methyl sites for hydroxylation is 1.